The van der Waals surface area contributed by atoms with Crippen molar-refractivity contribution in [3.05, 3.63) is 83.4 Å². The predicted octanol–water partition coefficient (Wildman–Crippen LogP) is 4.91. The van der Waals surface area contributed by atoms with E-state index in [0.29, 0.717) is 34.4 Å². The predicted molar refractivity (Wildman–Crippen MR) is 114 cm³/mol. The van der Waals surface area contributed by atoms with E-state index in [9.17, 15) is 9.59 Å². The van der Waals surface area contributed by atoms with Crippen LogP contribution in [0.3, 0.4) is 0 Å². The lowest BCUT2D eigenvalue weighted by atomic mass is 10.1. The number of carbonyl (C=O) groups is 2. The first kappa shape index (κ1) is 18.8. The molecule has 1 aliphatic heterocycles. The summed E-state index contributed by atoms with van der Waals surface area (Å²) in [7, 11) is 0. The first-order chi connectivity index (χ1) is 14.1. The maximum atomic E-state index is 12.5. The Morgan fingerprint density at radius 2 is 1.76 bits per heavy atom. The van der Waals surface area contributed by atoms with Crippen LogP contribution in [0.2, 0.25) is 5.02 Å². The minimum absolute atomic E-state index is 0.0329. The number of anilines is 3. The Balaban J connectivity index is 1.54. The third kappa shape index (κ3) is 4.50. The second-order valence-corrected chi connectivity index (χ2v) is 6.96. The van der Waals surface area contributed by atoms with Crippen molar-refractivity contribution in [3.8, 4) is 5.75 Å². The third-order valence-electron chi connectivity index (χ3n) is 4.42. The summed E-state index contributed by atoms with van der Waals surface area (Å²) in [6.07, 6.45) is 0. The van der Waals surface area contributed by atoms with Gasteiger partial charge >= 0.3 is 6.03 Å². The number of hydrogen-bond donors (Lipinski definition) is 2. The lowest BCUT2D eigenvalue weighted by Gasteiger charge is -2.30. The molecule has 1 heterocycles. The maximum Gasteiger partial charge on any atom is 0.323 e. The highest BCUT2D eigenvalue weighted by atomic mass is 35.5. The van der Waals surface area contributed by atoms with Crippen molar-refractivity contribution in [2.75, 3.05) is 22.1 Å². The summed E-state index contributed by atoms with van der Waals surface area (Å²) < 4.78 is 5.54. The quantitative estimate of drug-likeness (QED) is 0.645. The summed E-state index contributed by atoms with van der Waals surface area (Å²) in [5.41, 5.74) is 2.73. The molecule has 0 radical (unpaired) electrons. The first-order valence-corrected chi connectivity index (χ1v) is 9.41. The molecule has 0 unspecified atom stereocenters. The number of ether oxygens (including phenoxy) is 1. The number of hydrogen-bond acceptors (Lipinski definition) is 3. The van der Waals surface area contributed by atoms with Crippen molar-refractivity contribution in [1.29, 1.82) is 0 Å². The standard InChI is InChI=1S/C22H18ClN3O3/c23-16-6-4-5-15(11-16)13-26-19-12-18(9-10-20(19)29-14-21(26)27)25-22(28)24-17-7-2-1-3-8-17/h1-12H,13-14H2,(H2,24,25,28). The van der Waals surface area contributed by atoms with E-state index in [1.807, 2.05) is 36.4 Å². The van der Waals surface area contributed by atoms with Gasteiger partial charge in [-0.1, -0.05) is 41.9 Å². The Morgan fingerprint density at radius 3 is 2.55 bits per heavy atom. The van der Waals surface area contributed by atoms with E-state index in [-0.39, 0.29) is 18.5 Å². The van der Waals surface area contributed by atoms with Crippen LogP contribution in [0.15, 0.2) is 72.8 Å². The number of amides is 3. The van der Waals surface area contributed by atoms with Gasteiger partial charge in [-0.05, 0) is 48.0 Å². The third-order valence-corrected chi connectivity index (χ3v) is 4.66. The molecule has 4 rings (SSSR count). The zero-order valence-corrected chi connectivity index (χ0v) is 16.1. The fourth-order valence-corrected chi connectivity index (χ4v) is 3.30. The van der Waals surface area contributed by atoms with Gasteiger partial charge < -0.3 is 20.3 Å². The Kier molecular flexibility index (Phi) is 5.35. The Labute approximate surface area is 173 Å². The fraction of sp³-hybridized carbons (Fsp3) is 0.0909. The normalized spacial score (nSPS) is 12.7. The summed E-state index contributed by atoms with van der Waals surface area (Å²) in [4.78, 5) is 26.4. The zero-order valence-electron chi connectivity index (χ0n) is 15.4. The Morgan fingerprint density at radius 1 is 0.966 bits per heavy atom. The van der Waals surface area contributed by atoms with Gasteiger partial charge in [0.2, 0.25) is 0 Å². The molecule has 0 saturated carbocycles. The zero-order chi connectivity index (χ0) is 20.2. The van der Waals surface area contributed by atoms with E-state index in [2.05, 4.69) is 10.6 Å². The number of benzene rings is 3. The molecule has 146 valence electrons. The molecule has 2 N–H and O–H groups in total. The molecule has 0 saturated heterocycles. The van der Waals surface area contributed by atoms with Crippen molar-refractivity contribution < 1.29 is 14.3 Å². The highest BCUT2D eigenvalue weighted by molar-refractivity contribution is 6.30. The van der Waals surface area contributed by atoms with Crippen LogP contribution in [0.25, 0.3) is 0 Å². The van der Waals surface area contributed by atoms with Gasteiger partial charge in [-0.25, -0.2) is 4.79 Å². The molecule has 3 aromatic rings. The van der Waals surface area contributed by atoms with Gasteiger partial charge in [0.25, 0.3) is 5.91 Å². The number of para-hydroxylation sites is 1. The van der Waals surface area contributed by atoms with E-state index in [1.165, 1.54) is 0 Å². The van der Waals surface area contributed by atoms with Crippen molar-refractivity contribution in [3.63, 3.8) is 0 Å². The molecule has 0 fully saturated rings. The fourth-order valence-electron chi connectivity index (χ4n) is 3.09. The van der Waals surface area contributed by atoms with Gasteiger partial charge in [0.1, 0.15) is 5.75 Å². The average Bonchev–Trinajstić information content (AvgIpc) is 2.71. The highest BCUT2D eigenvalue weighted by Gasteiger charge is 2.26. The molecule has 1 aliphatic rings. The van der Waals surface area contributed by atoms with Crippen LogP contribution >= 0.6 is 11.6 Å². The molecule has 7 heteroatoms. The van der Waals surface area contributed by atoms with Gasteiger partial charge in [-0.2, -0.15) is 0 Å². The van der Waals surface area contributed by atoms with Gasteiger partial charge in [-0.15, -0.1) is 0 Å². The van der Waals surface area contributed by atoms with Crippen molar-refractivity contribution in [1.82, 2.24) is 0 Å². The number of fused-ring (bicyclic) bond motifs is 1. The molecule has 29 heavy (non-hydrogen) atoms. The molecule has 3 aromatic carbocycles. The Hall–Kier alpha value is -3.51. The van der Waals surface area contributed by atoms with E-state index in [0.717, 1.165) is 5.56 Å². The summed E-state index contributed by atoms with van der Waals surface area (Å²) in [6.45, 7) is 0.324. The largest absolute Gasteiger partial charge is 0.482 e. The molecular weight excluding hydrogens is 390 g/mol. The molecule has 0 spiro atoms. The van der Waals surface area contributed by atoms with Gasteiger partial charge in [0.15, 0.2) is 6.61 Å². The molecular formula is C22H18ClN3O3. The van der Waals surface area contributed by atoms with Gasteiger partial charge in [0, 0.05) is 16.4 Å². The summed E-state index contributed by atoms with van der Waals surface area (Å²) in [5, 5.41) is 6.15. The van der Waals surface area contributed by atoms with Crippen LogP contribution in [-0.2, 0) is 11.3 Å². The lowest BCUT2D eigenvalue weighted by molar-refractivity contribution is -0.121. The average molecular weight is 408 g/mol. The highest BCUT2D eigenvalue weighted by Crippen LogP contribution is 2.35. The summed E-state index contributed by atoms with van der Waals surface area (Å²) in [5.74, 6) is 0.420. The van der Waals surface area contributed by atoms with E-state index in [1.54, 1.807) is 41.3 Å². The molecule has 0 aliphatic carbocycles. The summed E-state index contributed by atoms with van der Waals surface area (Å²) in [6, 6.07) is 21.3. The second kappa shape index (κ2) is 8.24. The van der Waals surface area contributed by atoms with Crippen LogP contribution in [0.4, 0.5) is 21.9 Å². The van der Waals surface area contributed by atoms with Crippen LogP contribution in [0.1, 0.15) is 5.56 Å². The smallest absolute Gasteiger partial charge is 0.323 e. The van der Waals surface area contributed by atoms with Crippen molar-refractivity contribution in [2.45, 2.75) is 6.54 Å². The second-order valence-electron chi connectivity index (χ2n) is 6.53. The minimum atomic E-state index is -0.374. The van der Waals surface area contributed by atoms with Gasteiger partial charge in [0.05, 0.1) is 12.2 Å². The van der Waals surface area contributed by atoms with E-state index < -0.39 is 0 Å². The molecule has 3 amide bonds. The topological polar surface area (TPSA) is 70.7 Å². The number of halogens is 1. The van der Waals surface area contributed by atoms with Crippen LogP contribution < -0.4 is 20.3 Å². The number of carbonyl (C=O) groups excluding carboxylic acids is 2. The lowest BCUT2D eigenvalue weighted by Crippen LogP contribution is -2.38. The number of nitrogens with one attached hydrogen (secondary N) is 2. The van der Waals surface area contributed by atoms with Crippen LogP contribution in [-0.4, -0.2) is 18.5 Å². The molecule has 0 atom stereocenters. The first-order valence-electron chi connectivity index (χ1n) is 9.03. The monoisotopic (exact) mass is 407 g/mol. The van der Waals surface area contributed by atoms with E-state index in [4.69, 9.17) is 16.3 Å². The number of nitrogens with zero attached hydrogens (tertiary/aromatic N) is 1. The molecule has 6 nitrogen and oxygen atoms in total. The number of rotatable bonds is 4. The van der Waals surface area contributed by atoms with Crippen LogP contribution in [0.5, 0.6) is 5.75 Å². The number of urea groups is 1. The minimum Gasteiger partial charge on any atom is -0.482 e. The Bertz CT molecular complexity index is 1060. The van der Waals surface area contributed by atoms with Crippen molar-refractivity contribution in [2.24, 2.45) is 0 Å². The maximum absolute atomic E-state index is 12.5. The van der Waals surface area contributed by atoms with Crippen molar-refractivity contribution >= 4 is 40.6 Å². The summed E-state index contributed by atoms with van der Waals surface area (Å²) >= 11 is 6.07. The SMILES string of the molecule is O=C(Nc1ccccc1)Nc1ccc2c(c1)N(Cc1cccc(Cl)c1)C(=O)CO2. The van der Waals surface area contributed by atoms with E-state index >= 15 is 0 Å². The van der Waals surface area contributed by atoms with Crippen LogP contribution in [0, 0.1) is 0 Å². The molecule has 0 bridgehead atoms. The van der Waals surface area contributed by atoms with Gasteiger partial charge in [-0.3, -0.25) is 4.79 Å². The molecule has 0 aromatic heterocycles.